The molecule has 0 aromatic heterocycles. The van der Waals surface area contributed by atoms with Gasteiger partial charge in [0.2, 0.25) is 11.8 Å². The van der Waals surface area contributed by atoms with E-state index in [0.29, 0.717) is 22.7 Å². The van der Waals surface area contributed by atoms with Crippen LogP contribution in [-0.2, 0) is 9.59 Å². The molecule has 0 saturated carbocycles. The third-order valence-electron chi connectivity index (χ3n) is 4.05. The van der Waals surface area contributed by atoms with Crippen LogP contribution < -0.4 is 15.4 Å². The third kappa shape index (κ3) is 5.64. The van der Waals surface area contributed by atoms with Gasteiger partial charge in [-0.25, -0.2) is 4.39 Å². The lowest BCUT2D eigenvalue weighted by molar-refractivity contribution is -0.123. The molecule has 1 saturated heterocycles. The quantitative estimate of drug-likeness (QED) is 0.581. The Morgan fingerprint density at radius 2 is 2.03 bits per heavy atom. The number of benzene rings is 2. The molecule has 29 heavy (non-hydrogen) atoms. The van der Waals surface area contributed by atoms with E-state index in [1.54, 1.807) is 50.4 Å². The van der Waals surface area contributed by atoms with Gasteiger partial charge in [-0.1, -0.05) is 30.0 Å². The highest BCUT2D eigenvalue weighted by Gasteiger charge is 2.30. The molecule has 1 aliphatic heterocycles. The minimum absolute atomic E-state index is 0.0279. The summed E-state index contributed by atoms with van der Waals surface area (Å²) >= 11 is 1.12. The second-order valence-electron chi connectivity index (χ2n) is 6.18. The molecule has 2 amide bonds. The first-order chi connectivity index (χ1) is 13.9. The largest absolute Gasteiger partial charge is 0.497 e. The summed E-state index contributed by atoms with van der Waals surface area (Å²) < 4.78 is 18.2. The Morgan fingerprint density at radius 3 is 2.76 bits per heavy atom. The molecular weight excluding hydrogens is 395 g/mol. The molecule has 1 aliphatic rings. The highest BCUT2D eigenvalue weighted by Crippen LogP contribution is 2.24. The number of thioether (sulfide) groups is 1. The van der Waals surface area contributed by atoms with Crippen LogP contribution in [0, 0.1) is 5.82 Å². The molecule has 150 valence electrons. The molecule has 2 aromatic carbocycles. The Labute approximate surface area is 171 Å². The van der Waals surface area contributed by atoms with Crippen LogP contribution in [0.15, 0.2) is 58.7 Å². The standard InChI is InChI=1S/C20H19FN4O3S/c1-12(13-6-8-14(21)9-7-13)24-25-20-23-18(26)11-17(29-20)19(27)22-15-4-3-5-16(10-15)28-2/h3-10,17H,11H2,1-2H3,(H,22,27)(H,23,25,26)/b24-12-/t17-/m1/s1. The van der Waals surface area contributed by atoms with Crippen LogP contribution in [-0.4, -0.2) is 35.1 Å². The SMILES string of the molecule is COc1cccc(NC(=O)[C@H]2CC(=O)N/C(=N\N=C(\C)c3ccc(F)cc3)S2)c1. The maximum Gasteiger partial charge on any atom is 0.238 e. The molecule has 2 N–H and O–H groups in total. The number of carbonyl (C=O) groups excluding carboxylic acids is 2. The number of hydrogen-bond acceptors (Lipinski definition) is 6. The van der Waals surface area contributed by atoms with E-state index in [9.17, 15) is 14.0 Å². The predicted octanol–water partition coefficient (Wildman–Crippen LogP) is 3.17. The van der Waals surface area contributed by atoms with Gasteiger partial charge in [0.25, 0.3) is 0 Å². The van der Waals surface area contributed by atoms with Crippen LogP contribution in [0.25, 0.3) is 0 Å². The zero-order chi connectivity index (χ0) is 20.8. The van der Waals surface area contributed by atoms with Gasteiger partial charge in [0.1, 0.15) is 16.8 Å². The van der Waals surface area contributed by atoms with Crippen LogP contribution >= 0.6 is 11.8 Å². The van der Waals surface area contributed by atoms with Crippen LogP contribution in [0.5, 0.6) is 5.75 Å². The number of amidine groups is 1. The van der Waals surface area contributed by atoms with Gasteiger partial charge in [0.05, 0.1) is 12.8 Å². The van der Waals surface area contributed by atoms with E-state index in [2.05, 4.69) is 20.8 Å². The zero-order valence-corrected chi connectivity index (χ0v) is 16.6. The first-order valence-electron chi connectivity index (χ1n) is 8.74. The number of rotatable bonds is 5. The molecule has 0 aliphatic carbocycles. The van der Waals surface area contributed by atoms with Gasteiger partial charge in [-0.3, -0.25) is 9.59 Å². The molecular formula is C20H19FN4O3S. The number of amides is 2. The van der Waals surface area contributed by atoms with Gasteiger partial charge in [-0.15, -0.1) is 5.10 Å². The Kier molecular flexibility index (Phi) is 6.61. The summed E-state index contributed by atoms with van der Waals surface area (Å²) in [6.45, 7) is 1.72. The Bertz CT molecular complexity index is 976. The summed E-state index contributed by atoms with van der Waals surface area (Å²) in [6.07, 6.45) is 0.0279. The van der Waals surface area contributed by atoms with Crippen molar-refractivity contribution in [2.45, 2.75) is 18.6 Å². The van der Waals surface area contributed by atoms with Crippen LogP contribution in [0.2, 0.25) is 0 Å². The van der Waals surface area contributed by atoms with E-state index >= 15 is 0 Å². The maximum atomic E-state index is 13.0. The summed E-state index contributed by atoms with van der Waals surface area (Å²) in [5.41, 5.74) is 1.83. The number of methoxy groups -OCH3 is 1. The van der Waals surface area contributed by atoms with Crippen molar-refractivity contribution in [1.29, 1.82) is 0 Å². The topological polar surface area (TPSA) is 92.1 Å². The van der Waals surface area contributed by atoms with Crippen LogP contribution in [0.4, 0.5) is 10.1 Å². The summed E-state index contributed by atoms with van der Waals surface area (Å²) in [4.78, 5) is 24.6. The van der Waals surface area contributed by atoms with E-state index in [4.69, 9.17) is 4.74 Å². The zero-order valence-electron chi connectivity index (χ0n) is 15.8. The van der Waals surface area contributed by atoms with E-state index in [0.717, 1.165) is 11.8 Å². The van der Waals surface area contributed by atoms with Crippen molar-refractivity contribution in [3.05, 3.63) is 59.9 Å². The second kappa shape index (κ2) is 9.33. The molecule has 1 atom stereocenters. The molecule has 1 fully saturated rings. The molecule has 0 radical (unpaired) electrons. The van der Waals surface area contributed by atoms with Gasteiger partial charge in [0, 0.05) is 18.2 Å². The molecule has 0 spiro atoms. The van der Waals surface area contributed by atoms with Gasteiger partial charge in [-0.05, 0) is 36.8 Å². The van der Waals surface area contributed by atoms with E-state index in [-0.39, 0.29) is 29.2 Å². The van der Waals surface area contributed by atoms with Crippen LogP contribution in [0.1, 0.15) is 18.9 Å². The normalized spacial score (nSPS) is 18.3. The van der Waals surface area contributed by atoms with E-state index in [1.165, 1.54) is 12.1 Å². The molecule has 2 aromatic rings. The van der Waals surface area contributed by atoms with Crippen molar-refractivity contribution in [3.63, 3.8) is 0 Å². The lowest BCUT2D eigenvalue weighted by Crippen LogP contribution is -2.41. The van der Waals surface area contributed by atoms with Gasteiger partial charge >= 0.3 is 0 Å². The number of anilines is 1. The summed E-state index contributed by atoms with van der Waals surface area (Å²) in [5.74, 6) is -0.356. The Hall–Kier alpha value is -3.20. The average molecular weight is 414 g/mol. The van der Waals surface area contributed by atoms with Gasteiger partial charge in [-0.2, -0.15) is 5.10 Å². The summed E-state index contributed by atoms with van der Waals surface area (Å²) in [5, 5.41) is 13.1. The smallest absolute Gasteiger partial charge is 0.238 e. The monoisotopic (exact) mass is 414 g/mol. The molecule has 0 bridgehead atoms. The second-order valence-corrected chi connectivity index (χ2v) is 7.37. The van der Waals surface area contributed by atoms with Crippen molar-refractivity contribution < 1.29 is 18.7 Å². The predicted molar refractivity (Wildman–Crippen MR) is 112 cm³/mol. The van der Waals surface area contributed by atoms with Crippen LogP contribution in [0.3, 0.4) is 0 Å². The number of nitrogens with one attached hydrogen (secondary N) is 2. The lowest BCUT2D eigenvalue weighted by atomic mass is 10.1. The summed E-state index contributed by atoms with van der Waals surface area (Å²) in [7, 11) is 1.54. The minimum atomic E-state index is -0.643. The van der Waals surface area contributed by atoms with Gasteiger partial charge in [0.15, 0.2) is 5.17 Å². The van der Waals surface area contributed by atoms with E-state index in [1.807, 2.05) is 0 Å². The van der Waals surface area contributed by atoms with Crippen molar-refractivity contribution >= 4 is 40.1 Å². The molecule has 0 unspecified atom stereocenters. The molecule has 9 heteroatoms. The van der Waals surface area contributed by atoms with E-state index < -0.39 is 5.25 Å². The number of ether oxygens (including phenoxy) is 1. The van der Waals surface area contributed by atoms with Crippen molar-refractivity contribution in [3.8, 4) is 5.75 Å². The molecule has 1 heterocycles. The van der Waals surface area contributed by atoms with Crippen molar-refractivity contribution in [2.75, 3.05) is 12.4 Å². The highest BCUT2D eigenvalue weighted by molar-refractivity contribution is 8.15. The minimum Gasteiger partial charge on any atom is -0.497 e. The fraction of sp³-hybridized carbons (Fsp3) is 0.200. The highest BCUT2D eigenvalue weighted by atomic mass is 32.2. The lowest BCUT2D eigenvalue weighted by Gasteiger charge is -2.21. The van der Waals surface area contributed by atoms with Crippen molar-refractivity contribution in [1.82, 2.24) is 5.32 Å². The third-order valence-corrected chi connectivity index (χ3v) is 5.13. The molecule has 3 rings (SSSR count). The summed E-state index contributed by atoms with van der Waals surface area (Å²) in [6, 6.07) is 12.8. The Balaban J connectivity index is 1.69. The average Bonchev–Trinajstić information content (AvgIpc) is 2.72. The Morgan fingerprint density at radius 1 is 1.28 bits per heavy atom. The first kappa shape index (κ1) is 20.5. The number of halogens is 1. The first-order valence-corrected chi connectivity index (χ1v) is 9.62. The molecule has 7 nitrogen and oxygen atoms in total. The number of hydrogen-bond donors (Lipinski definition) is 2. The fourth-order valence-corrected chi connectivity index (χ4v) is 3.46. The van der Waals surface area contributed by atoms with Gasteiger partial charge < -0.3 is 15.4 Å². The van der Waals surface area contributed by atoms with Crippen molar-refractivity contribution in [2.24, 2.45) is 10.2 Å². The fourth-order valence-electron chi connectivity index (χ4n) is 2.53. The number of carbonyl (C=O) groups is 2. The number of nitrogens with zero attached hydrogens (tertiary/aromatic N) is 2. The maximum absolute atomic E-state index is 13.0.